The summed E-state index contributed by atoms with van der Waals surface area (Å²) in [5.74, 6) is 0.947. The van der Waals surface area contributed by atoms with Crippen molar-refractivity contribution in [3.05, 3.63) is 54.8 Å². The molecule has 0 aliphatic heterocycles. The normalized spacial score (nSPS) is 21.8. The van der Waals surface area contributed by atoms with Crippen molar-refractivity contribution in [3.63, 3.8) is 0 Å². The second kappa shape index (κ2) is 8.58. The molecule has 0 atom stereocenters. The Bertz CT molecular complexity index is 369. The number of aryl methyl sites for hydroxylation is 1. The lowest BCUT2D eigenvalue weighted by Crippen LogP contribution is -2.28. The van der Waals surface area contributed by atoms with E-state index in [1.807, 2.05) is 12.3 Å². The summed E-state index contributed by atoms with van der Waals surface area (Å²) in [5.41, 5.74) is 2.47. The largest absolute Gasteiger partial charge is 0.389 e. The van der Waals surface area contributed by atoms with E-state index in [-0.39, 0.29) is 0 Å². The number of rotatable bonds is 3. The summed E-state index contributed by atoms with van der Waals surface area (Å²) in [4.78, 5) is 0. The fourth-order valence-corrected chi connectivity index (χ4v) is 2.30. The molecule has 2 rings (SSSR count). The summed E-state index contributed by atoms with van der Waals surface area (Å²) in [7, 11) is 0. The van der Waals surface area contributed by atoms with Crippen molar-refractivity contribution in [2.45, 2.75) is 45.6 Å². The first kappa shape index (κ1) is 15.6. The fourth-order valence-electron chi connectivity index (χ4n) is 2.30. The number of nitrogens with one attached hydrogen (secondary N) is 1. The first-order valence-corrected chi connectivity index (χ1v) is 7.21. The Morgan fingerprint density at radius 3 is 2.11 bits per heavy atom. The molecule has 1 saturated carbocycles. The van der Waals surface area contributed by atoms with E-state index in [0.717, 1.165) is 5.92 Å². The molecule has 1 aromatic rings. The maximum atomic E-state index is 3.66. The third-order valence-corrected chi connectivity index (χ3v) is 3.68. The van der Waals surface area contributed by atoms with Gasteiger partial charge in [-0.15, -0.1) is 0 Å². The van der Waals surface area contributed by atoms with E-state index in [1.54, 1.807) is 0 Å². The molecule has 0 unspecified atom stereocenters. The fraction of sp³-hybridized carbons (Fsp3) is 0.444. The first-order valence-electron chi connectivity index (χ1n) is 7.21. The van der Waals surface area contributed by atoms with Crippen LogP contribution in [-0.4, -0.2) is 6.04 Å². The summed E-state index contributed by atoms with van der Waals surface area (Å²) in [6, 6.07) is 8.99. The van der Waals surface area contributed by atoms with Crippen molar-refractivity contribution >= 4 is 6.08 Å². The molecule has 104 valence electrons. The molecule has 1 nitrogen and oxygen atoms in total. The van der Waals surface area contributed by atoms with Gasteiger partial charge in [0.15, 0.2) is 0 Å². The molecule has 0 aromatic heterocycles. The lowest BCUT2D eigenvalue weighted by Gasteiger charge is -2.26. The second-order valence-corrected chi connectivity index (χ2v) is 5.44. The zero-order chi connectivity index (χ0) is 14.1. The number of hydrogen-bond acceptors (Lipinski definition) is 1. The van der Waals surface area contributed by atoms with Crippen LogP contribution in [0.15, 0.2) is 43.6 Å². The lowest BCUT2D eigenvalue weighted by atomic mass is 9.87. The van der Waals surface area contributed by atoms with Crippen LogP contribution in [-0.2, 0) is 0 Å². The van der Waals surface area contributed by atoms with Crippen molar-refractivity contribution < 1.29 is 0 Å². The zero-order valence-corrected chi connectivity index (χ0v) is 12.4. The lowest BCUT2D eigenvalue weighted by molar-refractivity contribution is 0.325. The summed E-state index contributed by atoms with van der Waals surface area (Å²) in [6.07, 6.45) is 9.08. The Kier molecular flexibility index (Phi) is 7.02. The van der Waals surface area contributed by atoms with E-state index in [4.69, 9.17) is 0 Å². The summed E-state index contributed by atoms with van der Waals surface area (Å²) in [5, 5.41) is 3.27. The molecular weight excluding hydrogens is 230 g/mol. The average molecular weight is 257 g/mol. The van der Waals surface area contributed by atoms with Crippen LogP contribution in [0.4, 0.5) is 0 Å². The Labute approximate surface area is 118 Å². The molecule has 1 heteroatoms. The van der Waals surface area contributed by atoms with Crippen LogP contribution in [0, 0.1) is 12.8 Å². The third kappa shape index (κ3) is 6.28. The van der Waals surface area contributed by atoms with Gasteiger partial charge in [-0.3, -0.25) is 0 Å². The van der Waals surface area contributed by atoms with Gasteiger partial charge in [0.2, 0.25) is 0 Å². The Hall–Kier alpha value is -1.50. The minimum atomic E-state index is 0.716. The third-order valence-electron chi connectivity index (χ3n) is 3.68. The smallest absolute Gasteiger partial charge is 0.0255 e. The number of benzene rings is 1. The summed E-state index contributed by atoms with van der Waals surface area (Å²) < 4.78 is 0. The van der Waals surface area contributed by atoms with Gasteiger partial charge in [-0.05, 0) is 50.3 Å². The van der Waals surface area contributed by atoms with Crippen molar-refractivity contribution in [1.29, 1.82) is 0 Å². The quantitative estimate of drug-likeness (QED) is 0.809. The van der Waals surface area contributed by atoms with E-state index in [1.165, 1.54) is 36.8 Å². The topological polar surface area (TPSA) is 12.0 Å². The molecule has 0 heterocycles. The molecule has 0 saturated heterocycles. The van der Waals surface area contributed by atoms with Gasteiger partial charge >= 0.3 is 0 Å². The molecule has 0 bridgehead atoms. The zero-order valence-electron chi connectivity index (χ0n) is 12.4. The number of hydrogen-bond donors (Lipinski definition) is 1. The van der Waals surface area contributed by atoms with E-state index in [0.29, 0.717) is 6.04 Å². The van der Waals surface area contributed by atoms with E-state index >= 15 is 0 Å². The van der Waals surface area contributed by atoms with Crippen molar-refractivity contribution in [2.24, 2.45) is 5.92 Å². The Morgan fingerprint density at radius 1 is 1.05 bits per heavy atom. The van der Waals surface area contributed by atoms with Gasteiger partial charge in [-0.2, -0.15) is 0 Å². The maximum Gasteiger partial charge on any atom is 0.0255 e. The highest BCUT2D eigenvalue weighted by Gasteiger charge is 2.15. The van der Waals surface area contributed by atoms with Crippen LogP contribution >= 0.6 is 0 Å². The SMILES string of the molecule is C=CNC1CCC(C)CC1.C=Cc1ccc(C)cc1. The Balaban J connectivity index is 0.000000191. The maximum absolute atomic E-state index is 3.66. The van der Waals surface area contributed by atoms with Crippen molar-refractivity contribution in [1.82, 2.24) is 5.32 Å². The van der Waals surface area contributed by atoms with Crippen LogP contribution in [0.1, 0.15) is 43.7 Å². The van der Waals surface area contributed by atoms with E-state index in [9.17, 15) is 0 Å². The van der Waals surface area contributed by atoms with Crippen molar-refractivity contribution in [2.75, 3.05) is 0 Å². The predicted molar refractivity (Wildman–Crippen MR) is 86.0 cm³/mol. The molecule has 1 fully saturated rings. The van der Waals surface area contributed by atoms with Gasteiger partial charge in [0.05, 0.1) is 0 Å². The molecule has 1 aliphatic carbocycles. The molecule has 1 aliphatic rings. The first-order chi connectivity index (χ1) is 9.15. The molecular formula is C18H27N. The highest BCUT2D eigenvalue weighted by Crippen LogP contribution is 2.23. The highest BCUT2D eigenvalue weighted by molar-refractivity contribution is 5.46. The second-order valence-electron chi connectivity index (χ2n) is 5.44. The van der Waals surface area contributed by atoms with Gasteiger partial charge in [-0.1, -0.05) is 56.0 Å². The molecule has 1 N–H and O–H groups in total. The van der Waals surface area contributed by atoms with E-state index < -0.39 is 0 Å². The van der Waals surface area contributed by atoms with Gasteiger partial charge in [-0.25, -0.2) is 0 Å². The van der Waals surface area contributed by atoms with Crippen molar-refractivity contribution in [3.8, 4) is 0 Å². The van der Waals surface area contributed by atoms with Crippen LogP contribution in [0.5, 0.6) is 0 Å². The molecule has 1 aromatic carbocycles. The van der Waals surface area contributed by atoms with Crippen LogP contribution in [0.3, 0.4) is 0 Å². The minimum absolute atomic E-state index is 0.716. The van der Waals surface area contributed by atoms with Crippen LogP contribution < -0.4 is 5.32 Å². The average Bonchev–Trinajstić information content (AvgIpc) is 2.43. The van der Waals surface area contributed by atoms with Gasteiger partial charge in [0, 0.05) is 6.04 Å². The van der Waals surface area contributed by atoms with E-state index in [2.05, 4.69) is 56.6 Å². The Morgan fingerprint density at radius 2 is 1.63 bits per heavy atom. The summed E-state index contributed by atoms with van der Waals surface area (Å²) >= 11 is 0. The molecule has 0 spiro atoms. The monoisotopic (exact) mass is 257 g/mol. The van der Waals surface area contributed by atoms with Gasteiger partial charge in [0.25, 0.3) is 0 Å². The molecule has 19 heavy (non-hydrogen) atoms. The van der Waals surface area contributed by atoms with Gasteiger partial charge < -0.3 is 5.32 Å². The van der Waals surface area contributed by atoms with Gasteiger partial charge in [0.1, 0.15) is 0 Å². The molecule has 0 amide bonds. The summed E-state index contributed by atoms with van der Waals surface area (Å²) in [6.45, 7) is 11.7. The highest BCUT2D eigenvalue weighted by atomic mass is 14.9. The predicted octanol–water partition coefficient (Wildman–Crippen LogP) is 4.94. The standard InChI is InChI=1S/C9H17N.C9H10/c1-3-10-9-6-4-8(2)5-7-9;1-3-9-6-4-8(2)5-7-9/h3,8-10H,1,4-7H2,2H3;3-7H,1H2,2H3. The minimum Gasteiger partial charge on any atom is -0.389 e. The van der Waals surface area contributed by atoms with Crippen LogP contribution in [0.2, 0.25) is 0 Å². The van der Waals surface area contributed by atoms with Crippen LogP contribution in [0.25, 0.3) is 6.08 Å². The molecule has 0 radical (unpaired) electrons.